The minimum atomic E-state index is -0.596. The van der Waals surface area contributed by atoms with Crippen molar-refractivity contribution in [1.29, 1.82) is 5.26 Å². The van der Waals surface area contributed by atoms with Crippen LogP contribution in [0.1, 0.15) is 36.0 Å². The smallest absolute Gasteiger partial charge is 0.259 e. The quantitative estimate of drug-likeness (QED) is 0.735. The normalized spacial score (nSPS) is 17.8. The van der Waals surface area contributed by atoms with Crippen LogP contribution in [0.5, 0.6) is 0 Å². The number of carbonyl (C=O) groups is 1. The van der Waals surface area contributed by atoms with E-state index in [4.69, 9.17) is 17.0 Å². The van der Waals surface area contributed by atoms with Crippen molar-refractivity contribution in [2.24, 2.45) is 0 Å². The molecule has 4 rings (SSSR count). The Morgan fingerprint density at radius 3 is 2.39 bits per heavy atom. The molecule has 0 bridgehead atoms. The first-order chi connectivity index (χ1) is 13.5. The zero-order chi connectivity index (χ0) is 19.9. The van der Waals surface area contributed by atoms with Crippen molar-refractivity contribution in [1.82, 2.24) is 0 Å². The molecule has 5 nitrogen and oxygen atoms in total. The number of hydrogen-bond acceptors (Lipinski definition) is 4. The molecule has 1 saturated heterocycles. The molecule has 1 aliphatic heterocycles. The summed E-state index contributed by atoms with van der Waals surface area (Å²) in [5.74, 6) is 0.0221. The van der Waals surface area contributed by atoms with Crippen LogP contribution in [-0.4, -0.2) is 23.7 Å². The number of benzene rings is 2. The molecule has 0 radical (unpaired) electrons. The number of amides is 1. The van der Waals surface area contributed by atoms with Gasteiger partial charge in [0.25, 0.3) is 5.91 Å². The molecule has 2 aromatic carbocycles. The lowest BCUT2D eigenvalue weighted by Gasteiger charge is -2.43. The van der Waals surface area contributed by atoms with Crippen LogP contribution in [0.15, 0.2) is 42.5 Å². The van der Waals surface area contributed by atoms with E-state index in [1.165, 1.54) is 0 Å². The van der Waals surface area contributed by atoms with E-state index in [9.17, 15) is 10.1 Å². The van der Waals surface area contributed by atoms with Crippen LogP contribution in [0.2, 0.25) is 0 Å². The van der Waals surface area contributed by atoms with E-state index in [0.29, 0.717) is 17.3 Å². The highest BCUT2D eigenvalue weighted by Gasteiger charge is 2.59. The van der Waals surface area contributed by atoms with E-state index in [2.05, 4.69) is 6.07 Å². The molecule has 0 atom stereocenters. The number of methoxy groups -OCH3 is 1. The topological polar surface area (TPSA) is 56.6 Å². The maximum absolute atomic E-state index is 13.5. The monoisotopic (exact) mass is 391 g/mol. The fourth-order valence-corrected chi connectivity index (χ4v) is 4.50. The lowest BCUT2D eigenvalue weighted by Crippen LogP contribution is -2.55. The van der Waals surface area contributed by atoms with Crippen LogP contribution < -0.4 is 9.80 Å². The Kier molecular flexibility index (Phi) is 4.66. The van der Waals surface area contributed by atoms with E-state index in [-0.39, 0.29) is 5.91 Å². The third kappa shape index (κ3) is 2.70. The summed E-state index contributed by atoms with van der Waals surface area (Å²) in [4.78, 5) is 17.1. The molecule has 0 unspecified atom stereocenters. The fraction of sp³-hybridized carbons (Fsp3) is 0.318. The van der Waals surface area contributed by atoms with Gasteiger partial charge in [0, 0.05) is 12.8 Å². The van der Waals surface area contributed by atoms with Crippen molar-refractivity contribution in [3.63, 3.8) is 0 Å². The molecule has 0 N–H and O–H groups in total. The van der Waals surface area contributed by atoms with Gasteiger partial charge in [-0.2, -0.15) is 5.26 Å². The van der Waals surface area contributed by atoms with Gasteiger partial charge in [-0.15, -0.1) is 0 Å². The summed E-state index contributed by atoms with van der Waals surface area (Å²) < 4.78 is 5.19. The van der Waals surface area contributed by atoms with E-state index in [1.54, 1.807) is 24.1 Å². The largest absolute Gasteiger partial charge is 0.380 e. The van der Waals surface area contributed by atoms with Gasteiger partial charge in [-0.25, -0.2) is 0 Å². The minimum absolute atomic E-state index is 0.0221. The van der Waals surface area contributed by atoms with Gasteiger partial charge in [0.1, 0.15) is 5.54 Å². The van der Waals surface area contributed by atoms with Crippen LogP contribution in [-0.2, 0) is 16.1 Å². The summed E-state index contributed by atoms with van der Waals surface area (Å²) in [6.07, 6.45) is 2.59. The Labute approximate surface area is 170 Å². The van der Waals surface area contributed by atoms with Gasteiger partial charge in [0.2, 0.25) is 0 Å². The number of nitriles is 1. The first kappa shape index (κ1) is 18.6. The molecule has 1 spiro atoms. The lowest BCUT2D eigenvalue weighted by atomic mass is 9.75. The molecule has 1 aliphatic carbocycles. The predicted molar refractivity (Wildman–Crippen MR) is 112 cm³/mol. The average Bonchev–Trinajstić information content (AvgIpc) is 2.89. The molecule has 1 amide bonds. The van der Waals surface area contributed by atoms with Crippen LogP contribution in [0.25, 0.3) is 0 Å². The van der Waals surface area contributed by atoms with Crippen molar-refractivity contribution >= 4 is 34.6 Å². The maximum atomic E-state index is 13.5. The number of rotatable bonds is 4. The van der Waals surface area contributed by atoms with Crippen LogP contribution in [0.4, 0.5) is 11.4 Å². The highest BCUT2D eigenvalue weighted by molar-refractivity contribution is 7.81. The lowest BCUT2D eigenvalue weighted by molar-refractivity contribution is -0.123. The number of anilines is 2. The highest BCUT2D eigenvalue weighted by Crippen LogP contribution is 2.47. The molecule has 28 heavy (non-hydrogen) atoms. The summed E-state index contributed by atoms with van der Waals surface area (Å²) in [7, 11) is 1.67. The second-order valence-electron chi connectivity index (χ2n) is 7.35. The van der Waals surface area contributed by atoms with Gasteiger partial charge < -0.3 is 9.64 Å². The van der Waals surface area contributed by atoms with E-state index < -0.39 is 5.54 Å². The molecule has 2 aromatic rings. The van der Waals surface area contributed by atoms with Crippen LogP contribution in [0, 0.1) is 18.3 Å². The van der Waals surface area contributed by atoms with Gasteiger partial charge in [0.15, 0.2) is 5.11 Å². The summed E-state index contributed by atoms with van der Waals surface area (Å²) in [5, 5.41) is 9.68. The zero-order valence-corrected chi connectivity index (χ0v) is 16.8. The second-order valence-corrected chi connectivity index (χ2v) is 7.72. The molecular formula is C22H21N3O2S. The van der Waals surface area contributed by atoms with E-state index in [0.717, 1.165) is 41.8 Å². The zero-order valence-electron chi connectivity index (χ0n) is 15.9. The fourth-order valence-electron chi connectivity index (χ4n) is 4.03. The summed E-state index contributed by atoms with van der Waals surface area (Å²) in [5.41, 5.74) is 3.56. The Balaban J connectivity index is 1.74. The highest BCUT2D eigenvalue weighted by atomic mass is 32.1. The number of nitrogens with zero attached hydrogens (tertiary/aromatic N) is 3. The van der Waals surface area contributed by atoms with Crippen LogP contribution in [0.3, 0.4) is 0 Å². The van der Waals surface area contributed by atoms with Crippen LogP contribution >= 0.6 is 12.2 Å². The number of thiocarbonyl (C=S) groups is 1. The number of aryl methyl sites for hydroxylation is 1. The SMILES string of the molecule is COCc1ccc(N2C(=S)N(c3ccc(C#N)c(C)c3)C(=O)C23CCC3)cc1. The standard InChI is InChI=1S/C22H21N3O2S/c1-15-12-19(9-6-17(15)13-23)24-20(26)22(10-3-11-22)25(21(24)28)18-7-4-16(5-8-18)14-27-2/h4-9,12H,3,10-11,14H2,1-2H3. The van der Waals surface area contributed by atoms with Gasteiger partial charge in [-0.05, 0) is 79.9 Å². The molecule has 1 saturated carbocycles. The number of carbonyl (C=O) groups excluding carboxylic acids is 1. The Morgan fingerprint density at radius 1 is 1.18 bits per heavy atom. The van der Waals surface area contributed by atoms with Crippen molar-refractivity contribution in [2.45, 2.75) is 38.3 Å². The maximum Gasteiger partial charge on any atom is 0.259 e. The molecule has 6 heteroatoms. The first-order valence-corrected chi connectivity index (χ1v) is 9.70. The van der Waals surface area contributed by atoms with Gasteiger partial charge in [0.05, 0.1) is 23.9 Å². The Hall–Kier alpha value is -2.75. The van der Waals surface area contributed by atoms with Gasteiger partial charge in [-0.1, -0.05) is 12.1 Å². The summed E-state index contributed by atoms with van der Waals surface area (Å²) in [6.45, 7) is 2.42. The predicted octanol–water partition coefficient (Wildman–Crippen LogP) is 4.07. The number of ether oxygens (including phenoxy) is 1. The minimum Gasteiger partial charge on any atom is -0.380 e. The van der Waals surface area contributed by atoms with Crippen molar-refractivity contribution in [3.05, 3.63) is 59.2 Å². The summed E-state index contributed by atoms with van der Waals surface area (Å²) >= 11 is 5.78. The molecule has 2 fully saturated rings. The van der Waals surface area contributed by atoms with Gasteiger partial charge >= 0.3 is 0 Å². The third-order valence-corrected chi connectivity index (χ3v) is 6.05. The first-order valence-electron chi connectivity index (χ1n) is 9.29. The van der Waals surface area contributed by atoms with Gasteiger partial charge in [-0.3, -0.25) is 9.69 Å². The molecule has 1 heterocycles. The van der Waals surface area contributed by atoms with Crippen molar-refractivity contribution in [2.75, 3.05) is 16.9 Å². The Bertz CT molecular complexity index is 990. The van der Waals surface area contributed by atoms with Crippen molar-refractivity contribution in [3.8, 4) is 6.07 Å². The molecule has 142 valence electrons. The molecular weight excluding hydrogens is 370 g/mol. The van der Waals surface area contributed by atoms with Crippen molar-refractivity contribution < 1.29 is 9.53 Å². The average molecular weight is 391 g/mol. The second kappa shape index (κ2) is 7.01. The molecule has 2 aliphatic rings. The van der Waals surface area contributed by atoms with E-state index >= 15 is 0 Å². The number of hydrogen-bond donors (Lipinski definition) is 0. The summed E-state index contributed by atoms with van der Waals surface area (Å²) in [6, 6.07) is 15.6. The van der Waals surface area contributed by atoms with E-state index in [1.807, 2.05) is 42.2 Å². The molecule has 0 aromatic heterocycles. The Morgan fingerprint density at radius 2 is 1.86 bits per heavy atom. The third-order valence-electron chi connectivity index (χ3n) is 5.69.